The molecule has 7 nitrogen and oxygen atoms in total. The molecule has 3 aromatic rings. The first-order chi connectivity index (χ1) is 16.7. The molecule has 0 aliphatic rings. The van der Waals surface area contributed by atoms with Gasteiger partial charge in [-0.2, -0.15) is 5.26 Å². The van der Waals surface area contributed by atoms with E-state index in [1.807, 2.05) is 66.9 Å². The van der Waals surface area contributed by atoms with Gasteiger partial charge in [0.05, 0.1) is 5.92 Å². The van der Waals surface area contributed by atoms with E-state index in [2.05, 4.69) is 20.6 Å². The molecule has 0 bridgehead atoms. The number of hydrogen-bond donors (Lipinski definition) is 3. The molecule has 34 heavy (non-hydrogen) atoms. The molecule has 1 atom stereocenters. The van der Waals surface area contributed by atoms with E-state index in [-0.39, 0.29) is 0 Å². The van der Waals surface area contributed by atoms with Crippen LogP contribution in [0, 0.1) is 11.5 Å². The monoisotopic (exact) mass is 453 g/mol. The third-order valence-electron chi connectivity index (χ3n) is 5.15. The van der Waals surface area contributed by atoms with E-state index in [4.69, 9.17) is 5.26 Å². The quantitative estimate of drug-likeness (QED) is 0.176. The maximum Gasteiger partial charge on any atom is 0.310 e. The fraction of sp³-hybridized carbons (Fsp3) is 0.185. The lowest BCUT2D eigenvalue weighted by atomic mass is 9.93. The molecule has 1 unspecified atom stereocenters. The summed E-state index contributed by atoms with van der Waals surface area (Å²) in [6.45, 7) is 0.502. The minimum atomic E-state index is -0.876. The summed E-state index contributed by atoms with van der Waals surface area (Å²) in [5.41, 5.74) is 3.49. The number of benzene rings is 2. The van der Waals surface area contributed by atoms with E-state index in [1.165, 1.54) is 0 Å². The second-order valence-electron chi connectivity index (χ2n) is 7.61. The number of nitrogens with zero attached hydrogens (tertiary/aromatic N) is 3. The molecule has 0 amide bonds. The van der Waals surface area contributed by atoms with Crippen LogP contribution in [0.15, 0.2) is 90.2 Å². The minimum Gasteiger partial charge on any atom is -0.481 e. The summed E-state index contributed by atoms with van der Waals surface area (Å²) < 4.78 is 0. The first-order valence-electron chi connectivity index (χ1n) is 11.1. The van der Waals surface area contributed by atoms with Crippen LogP contribution in [-0.2, 0) is 11.2 Å². The topological polar surface area (TPSA) is 110 Å². The number of carboxylic acids is 1. The largest absolute Gasteiger partial charge is 0.481 e. The summed E-state index contributed by atoms with van der Waals surface area (Å²) in [6, 6.07) is 21.0. The maximum atomic E-state index is 11.9. The van der Waals surface area contributed by atoms with Crippen molar-refractivity contribution >= 4 is 23.7 Å². The summed E-state index contributed by atoms with van der Waals surface area (Å²) in [4.78, 5) is 20.5. The van der Waals surface area contributed by atoms with Gasteiger partial charge in [-0.25, -0.2) is 0 Å². The van der Waals surface area contributed by atoms with Crippen molar-refractivity contribution in [3.05, 3.63) is 102 Å². The Kier molecular flexibility index (Phi) is 9.39. The fourth-order valence-electron chi connectivity index (χ4n) is 3.46. The van der Waals surface area contributed by atoms with Crippen LogP contribution in [0.2, 0.25) is 0 Å². The minimum absolute atomic E-state index is 0.321. The molecule has 3 N–H and O–H groups in total. The SMILES string of the molecule is N#CNC(=NCCc1ccccc1)Nc1cccc(C(CCC=Cc2cccnc2)C(=O)O)c1. The maximum absolute atomic E-state index is 11.9. The zero-order chi connectivity index (χ0) is 24.0. The molecule has 0 saturated heterocycles. The van der Waals surface area contributed by atoms with E-state index < -0.39 is 11.9 Å². The molecule has 1 heterocycles. The number of guanidine groups is 1. The molecule has 0 spiro atoms. The number of anilines is 1. The van der Waals surface area contributed by atoms with Crippen LogP contribution < -0.4 is 10.6 Å². The van der Waals surface area contributed by atoms with Crippen molar-refractivity contribution < 1.29 is 9.90 Å². The molecule has 1 aromatic heterocycles. The van der Waals surface area contributed by atoms with Crippen molar-refractivity contribution in [1.82, 2.24) is 10.3 Å². The number of hydrogen-bond acceptors (Lipinski definition) is 4. The lowest BCUT2D eigenvalue weighted by Gasteiger charge is -2.14. The second kappa shape index (κ2) is 13.2. The lowest BCUT2D eigenvalue weighted by molar-refractivity contribution is -0.138. The molecular formula is C27H27N5O2. The van der Waals surface area contributed by atoms with E-state index >= 15 is 0 Å². The van der Waals surface area contributed by atoms with Crippen molar-refractivity contribution in [2.75, 3.05) is 11.9 Å². The lowest BCUT2D eigenvalue weighted by Crippen LogP contribution is -2.27. The number of aromatic nitrogens is 1. The average Bonchev–Trinajstić information content (AvgIpc) is 2.85. The van der Waals surface area contributed by atoms with Crippen molar-refractivity contribution in [3.8, 4) is 6.19 Å². The highest BCUT2D eigenvalue weighted by Crippen LogP contribution is 2.25. The van der Waals surface area contributed by atoms with Gasteiger partial charge in [-0.05, 0) is 54.2 Å². The predicted molar refractivity (Wildman–Crippen MR) is 134 cm³/mol. The first-order valence-corrected chi connectivity index (χ1v) is 11.1. The average molecular weight is 454 g/mol. The van der Waals surface area contributed by atoms with Crippen LogP contribution in [0.1, 0.15) is 35.4 Å². The third kappa shape index (κ3) is 7.92. The van der Waals surface area contributed by atoms with Crippen LogP contribution in [0.25, 0.3) is 6.08 Å². The molecule has 0 saturated carbocycles. The normalized spacial score (nSPS) is 12.1. The van der Waals surface area contributed by atoms with Gasteiger partial charge >= 0.3 is 5.97 Å². The number of pyridine rings is 1. The van der Waals surface area contributed by atoms with Crippen LogP contribution >= 0.6 is 0 Å². The number of carboxylic acid groups (broad SMARTS) is 1. The number of nitrogens with one attached hydrogen (secondary N) is 2. The number of rotatable bonds is 10. The number of aliphatic carboxylic acids is 1. The molecule has 0 aliphatic carbocycles. The zero-order valence-corrected chi connectivity index (χ0v) is 18.8. The highest BCUT2D eigenvalue weighted by molar-refractivity contribution is 5.94. The Morgan fingerprint density at radius 2 is 2.00 bits per heavy atom. The Hall–Kier alpha value is -4.44. The van der Waals surface area contributed by atoms with Crippen LogP contribution in [0.3, 0.4) is 0 Å². The van der Waals surface area contributed by atoms with E-state index in [0.717, 1.165) is 17.5 Å². The van der Waals surface area contributed by atoms with Gasteiger partial charge in [0.25, 0.3) is 0 Å². The number of nitriles is 1. The van der Waals surface area contributed by atoms with Gasteiger partial charge < -0.3 is 10.4 Å². The van der Waals surface area contributed by atoms with Crippen molar-refractivity contribution in [2.24, 2.45) is 4.99 Å². The van der Waals surface area contributed by atoms with Crippen molar-refractivity contribution in [2.45, 2.75) is 25.2 Å². The van der Waals surface area contributed by atoms with Crippen LogP contribution in [-0.4, -0.2) is 28.6 Å². The van der Waals surface area contributed by atoms with E-state index in [0.29, 0.717) is 36.6 Å². The van der Waals surface area contributed by atoms with Gasteiger partial charge in [0.15, 0.2) is 6.19 Å². The Morgan fingerprint density at radius 3 is 2.74 bits per heavy atom. The van der Waals surface area contributed by atoms with Crippen LogP contribution in [0.4, 0.5) is 5.69 Å². The molecule has 0 aliphatic heterocycles. The summed E-state index contributed by atoms with van der Waals surface area (Å²) in [5.74, 6) is -1.21. The molecule has 172 valence electrons. The number of carbonyl (C=O) groups is 1. The van der Waals surface area contributed by atoms with Gasteiger partial charge in [0, 0.05) is 24.6 Å². The smallest absolute Gasteiger partial charge is 0.310 e. The molecule has 3 rings (SSSR count). The van der Waals surface area contributed by atoms with Gasteiger partial charge in [-0.3, -0.25) is 20.1 Å². The second-order valence-corrected chi connectivity index (χ2v) is 7.61. The standard InChI is InChI=1S/C27H27N5O2/c28-20-31-27(30-17-15-21-8-2-1-3-9-21)32-24-13-6-12-23(18-24)25(26(33)34)14-5-4-10-22-11-7-16-29-19-22/h1-4,6-13,16,18-19,25H,5,14-15,17H2,(H,33,34)(H2,30,31,32). The van der Waals surface area contributed by atoms with Gasteiger partial charge in [0.2, 0.25) is 5.96 Å². The Morgan fingerprint density at radius 1 is 1.15 bits per heavy atom. The summed E-state index contributed by atoms with van der Waals surface area (Å²) >= 11 is 0. The van der Waals surface area contributed by atoms with Crippen LogP contribution in [0.5, 0.6) is 0 Å². The number of allylic oxidation sites excluding steroid dienone is 1. The number of aliphatic imine (C=N–C) groups is 1. The third-order valence-corrected chi connectivity index (χ3v) is 5.15. The highest BCUT2D eigenvalue weighted by Gasteiger charge is 2.19. The molecule has 0 fully saturated rings. The van der Waals surface area contributed by atoms with E-state index in [9.17, 15) is 9.90 Å². The summed E-state index contributed by atoms with van der Waals surface area (Å²) in [6.07, 6.45) is 11.1. The first kappa shape index (κ1) is 24.2. The van der Waals surface area contributed by atoms with Crippen molar-refractivity contribution in [1.29, 1.82) is 5.26 Å². The Balaban J connectivity index is 1.64. The molecule has 2 aromatic carbocycles. The fourth-order valence-corrected chi connectivity index (χ4v) is 3.46. The van der Waals surface area contributed by atoms with Crippen molar-refractivity contribution in [3.63, 3.8) is 0 Å². The Bertz CT molecular complexity index is 1150. The Labute approximate surface area is 199 Å². The van der Waals surface area contributed by atoms with Gasteiger partial charge in [-0.15, -0.1) is 0 Å². The predicted octanol–water partition coefficient (Wildman–Crippen LogP) is 4.82. The highest BCUT2D eigenvalue weighted by atomic mass is 16.4. The molecular weight excluding hydrogens is 426 g/mol. The summed E-state index contributed by atoms with van der Waals surface area (Å²) in [7, 11) is 0. The van der Waals surface area contributed by atoms with Gasteiger partial charge in [-0.1, -0.05) is 60.7 Å². The zero-order valence-electron chi connectivity index (χ0n) is 18.8. The molecule has 7 heteroatoms. The van der Waals surface area contributed by atoms with Gasteiger partial charge in [0.1, 0.15) is 0 Å². The van der Waals surface area contributed by atoms with E-state index in [1.54, 1.807) is 30.6 Å². The molecule has 0 radical (unpaired) electrons. The summed E-state index contributed by atoms with van der Waals surface area (Å²) in [5, 5.41) is 24.5.